The molecular weight excluding hydrogens is 853 g/mol. The Hall–Kier alpha value is -3.67. The fourth-order valence-electron chi connectivity index (χ4n) is 7.77. The molecule has 394 valence electrons. The zero-order valence-electron chi connectivity index (χ0n) is 45.0. The third-order valence-electron chi connectivity index (χ3n) is 12.1. The van der Waals surface area contributed by atoms with Crippen LogP contribution in [0.1, 0.15) is 265 Å². The fourth-order valence-corrected chi connectivity index (χ4v) is 7.77. The van der Waals surface area contributed by atoms with Crippen LogP contribution in [0.3, 0.4) is 0 Å². The lowest BCUT2D eigenvalue weighted by molar-refractivity contribution is -0.166. The molecule has 0 aliphatic heterocycles. The predicted molar refractivity (Wildman–Crippen MR) is 297 cm³/mol. The maximum atomic E-state index is 12.9. The second-order valence-electron chi connectivity index (χ2n) is 18.8. The normalized spacial score (nSPS) is 12.8. The van der Waals surface area contributed by atoms with E-state index in [1.807, 2.05) is 6.08 Å². The summed E-state index contributed by atoms with van der Waals surface area (Å²) in [7, 11) is 0. The SMILES string of the molecule is CC/C=C\C/C=C\C/C=C\C/C=C\CCCCCCCCC(=O)OCC(COC(=O)CC/C=C\C/C=C\CCCCCCCC)OC(=O)CCCCCCCCCCCC/C=C\C=C/CCCCC. The molecule has 0 aromatic rings. The third kappa shape index (κ3) is 55.1. The Bertz CT molecular complexity index is 1380. The van der Waals surface area contributed by atoms with Crippen LogP contribution < -0.4 is 0 Å². The number of hydrogen-bond donors (Lipinski definition) is 0. The van der Waals surface area contributed by atoms with Crippen LogP contribution in [-0.4, -0.2) is 37.2 Å². The topological polar surface area (TPSA) is 78.9 Å². The Balaban J connectivity index is 4.45. The Labute approximate surface area is 426 Å². The largest absolute Gasteiger partial charge is 0.462 e. The second kappa shape index (κ2) is 56.9. The molecular formula is C63H106O6. The number of unbranched alkanes of at least 4 members (excludes halogenated alkanes) is 25. The van der Waals surface area contributed by atoms with Crippen LogP contribution >= 0.6 is 0 Å². The molecule has 1 atom stereocenters. The molecule has 6 nitrogen and oxygen atoms in total. The van der Waals surface area contributed by atoms with E-state index in [-0.39, 0.29) is 37.5 Å². The van der Waals surface area contributed by atoms with Crippen molar-refractivity contribution >= 4 is 17.9 Å². The summed E-state index contributed by atoms with van der Waals surface area (Å²) in [6, 6.07) is 0. The molecule has 0 saturated carbocycles. The van der Waals surface area contributed by atoms with E-state index >= 15 is 0 Å². The molecule has 0 aliphatic carbocycles. The second-order valence-corrected chi connectivity index (χ2v) is 18.8. The highest BCUT2D eigenvalue weighted by Gasteiger charge is 2.19. The van der Waals surface area contributed by atoms with Gasteiger partial charge in [0.2, 0.25) is 0 Å². The van der Waals surface area contributed by atoms with Gasteiger partial charge < -0.3 is 14.2 Å². The first-order chi connectivity index (χ1) is 34.0. The number of carbonyl (C=O) groups excluding carboxylic acids is 3. The van der Waals surface area contributed by atoms with Gasteiger partial charge in [0.15, 0.2) is 6.10 Å². The number of allylic oxidation sites excluding steroid dienone is 16. The van der Waals surface area contributed by atoms with Crippen molar-refractivity contribution in [3.8, 4) is 0 Å². The lowest BCUT2D eigenvalue weighted by Crippen LogP contribution is -2.30. The van der Waals surface area contributed by atoms with Crippen molar-refractivity contribution in [2.75, 3.05) is 13.2 Å². The lowest BCUT2D eigenvalue weighted by Gasteiger charge is -2.18. The first-order valence-electron chi connectivity index (χ1n) is 28.8. The van der Waals surface area contributed by atoms with Gasteiger partial charge in [-0.25, -0.2) is 0 Å². The van der Waals surface area contributed by atoms with E-state index in [0.29, 0.717) is 19.3 Å². The van der Waals surface area contributed by atoms with E-state index in [9.17, 15) is 14.4 Å². The molecule has 1 unspecified atom stereocenters. The molecule has 0 spiro atoms. The zero-order chi connectivity index (χ0) is 50.0. The Morgan fingerprint density at radius 3 is 1.09 bits per heavy atom. The van der Waals surface area contributed by atoms with Crippen LogP contribution in [0.2, 0.25) is 0 Å². The first kappa shape index (κ1) is 65.3. The highest BCUT2D eigenvalue weighted by molar-refractivity contribution is 5.71. The third-order valence-corrected chi connectivity index (χ3v) is 12.1. The summed E-state index contributed by atoms with van der Waals surface area (Å²) in [5, 5.41) is 0. The molecule has 0 aromatic heterocycles. The summed E-state index contributed by atoms with van der Waals surface area (Å²) < 4.78 is 16.8. The van der Waals surface area contributed by atoms with Crippen LogP contribution in [0.25, 0.3) is 0 Å². The summed E-state index contributed by atoms with van der Waals surface area (Å²) >= 11 is 0. The summed E-state index contributed by atoms with van der Waals surface area (Å²) in [6.45, 7) is 6.43. The monoisotopic (exact) mass is 959 g/mol. The van der Waals surface area contributed by atoms with Gasteiger partial charge in [-0.15, -0.1) is 0 Å². The molecule has 0 N–H and O–H groups in total. The first-order valence-corrected chi connectivity index (χ1v) is 28.8. The van der Waals surface area contributed by atoms with Gasteiger partial charge in [-0.2, -0.15) is 0 Å². The highest BCUT2D eigenvalue weighted by Crippen LogP contribution is 2.15. The average Bonchev–Trinajstić information content (AvgIpc) is 3.35. The van der Waals surface area contributed by atoms with Gasteiger partial charge in [-0.3, -0.25) is 14.4 Å². The van der Waals surface area contributed by atoms with Crippen LogP contribution in [0.15, 0.2) is 97.2 Å². The van der Waals surface area contributed by atoms with Gasteiger partial charge in [-0.05, 0) is 103 Å². The van der Waals surface area contributed by atoms with Crippen molar-refractivity contribution in [1.29, 1.82) is 0 Å². The molecule has 0 radical (unpaired) electrons. The van der Waals surface area contributed by atoms with E-state index in [1.54, 1.807) is 0 Å². The number of hydrogen-bond acceptors (Lipinski definition) is 6. The van der Waals surface area contributed by atoms with Crippen LogP contribution in [-0.2, 0) is 28.6 Å². The smallest absolute Gasteiger partial charge is 0.306 e. The number of carbonyl (C=O) groups is 3. The molecule has 0 rings (SSSR count). The molecule has 0 saturated heterocycles. The van der Waals surface area contributed by atoms with E-state index in [0.717, 1.165) is 89.9 Å². The minimum atomic E-state index is -0.809. The minimum absolute atomic E-state index is 0.104. The summed E-state index contributed by atoms with van der Waals surface area (Å²) in [4.78, 5) is 38.1. The Morgan fingerprint density at radius 1 is 0.319 bits per heavy atom. The molecule has 0 aliphatic rings. The summed E-state index contributed by atoms with van der Waals surface area (Å²) in [6.07, 6.45) is 75.5. The standard InChI is InChI=1S/C63H106O6/c1-4-7-10-13-16-19-22-25-27-29-31-33-35-38-41-44-47-50-53-56-62(65)68-59-60(58-67-61(64)55-52-49-46-43-40-37-24-21-18-15-12-9-6-3)69-63(66)57-54-51-48-45-42-39-36-34-32-30-28-26-23-20-17-14-11-8-5-2/h7,10,16-17,19-20,23,25-27,31,33,37,40,46,49,60H,4-6,8-9,11-15,18,21-22,24,28-30,32,34-36,38-39,41-45,47-48,50-59H2,1-3H3/b10-7-,19-16-,20-17-,26-23-,27-25-,33-31-,40-37-,49-46-. The highest BCUT2D eigenvalue weighted by atomic mass is 16.6. The minimum Gasteiger partial charge on any atom is -0.462 e. The van der Waals surface area contributed by atoms with E-state index in [1.165, 1.54) is 128 Å². The van der Waals surface area contributed by atoms with Gasteiger partial charge in [0.1, 0.15) is 13.2 Å². The average molecular weight is 960 g/mol. The molecule has 0 bridgehead atoms. The van der Waals surface area contributed by atoms with E-state index < -0.39 is 6.10 Å². The molecule has 6 heteroatoms. The van der Waals surface area contributed by atoms with Crippen molar-refractivity contribution in [3.63, 3.8) is 0 Å². The van der Waals surface area contributed by atoms with Crippen molar-refractivity contribution in [3.05, 3.63) is 97.2 Å². The quantitative estimate of drug-likeness (QED) is 0.0199. The summed E-state index contributed by atoms with van der Waals surface area (Å²) in [5.41, 5.74) is 0. The maximum Gasteiger partial charge on any atom is 0.306 e. The fraction of sp³-hybridized carbons (Fsp3) is 0.698. The Kier molecular flexibility index (Phi) is 53.9. The summed E-state index contributed by atoms with van der Waals surface area (Å²) in [5.74, 6) is -0.987. The lowest BCUT2D eigenvalue weighted by atomic mass is 10.1. The van der Waals surface area contributed by atoms with Crippen molar-refractivity contribution in [1.82, 2.24) is 0 Å². The van der Waals surface area contributed by atoms with Crippen molar-refractivity contribution in [2.24, 2.45) is 0 Å². The van der Waals surface area contributed by atoms with Crippen LogP contribution in [0.4, 0.5) is 0 Å². The van der Waals surface area contributed by atoms with Gasteiger partial charge >= 0.3 is 17.9 Å². The molecule has 69 heavy (non-hydrogen) atoms. The molecule has 0 aromatic carbocycles. The van der Waals surface area contributed by atoms with E-state index in [4.69, 9.17) is 14.2 Å². The number of ether oxygens (including phenoxy) is 3. The molecule has 0 amide bonds. The number of esters is 3. The van der Waals surface area contributed by atoms with Gasteiger partial charge in [-0.1, -0.05) is 240 Å². The van der Waals surface area contributed by atoms with Gasteiger partial charge in [0.25, 0.3) is 0 Å². The Morgan fingerprint density at radius 2 is 0.638 bits per heavy atom. The maximum absolute atomic E-state index is 12.9. The molecule has 0 heterocycles. The van der Waals surface area contributed by atoms with Gasteiger partial charge in [0.05, 0.1) is 0 Å². The van der Waals surface area contributed by atoms with Crippen molar-refractivity contribution in [2.45, 2.75) is 271 Å². The molecule has 0 fully saturated rings. The number of rotatable bonds is 51. The van der Waals surface area contributed by atoms with Gasteiger partial charge in [0, 0.05) is 19.3 Å². The predicted octanol–water partition coefficient (Wildman–Crippen LogP) is 19.3. The van der Waals surface area contributed by atoms with Crippen molar-refractivity contribution < 1.29 is 28.6 Å². The zero-order valence-corrected chi connectivity index (χ0v) is 45.0. The van der Waals surface area contributed by atoms with E-state index in [2.05, 4.69) is 112 Å². The van der Waals surface area contributed by atoms with Crippen LogP contribution in [0.5, 0.6) is 0 Å². The van der Waals surface area contributed by atoms with Crippen LogP contribution in [0, 0.1) is 0 Å².